The maximum absolute atomic E-state index is 13.2. The number of nitrogens with zero attached hydrogens (tertiary/aromatic N) is 1. The number of pyridine rings is 1. The number of nitrogens with one attached hydrogen (secondary N) is 1. The lowest BCUT2D eigenvalue weighted by atomic mass is 10.1. The molecule has 0 aliphatic heterocycles. The molecule has 1 atom stereocenters. The zero-order valence-electron chi connectivity index (χ0n) is 9.94. The smallest absolute Gasteiger partial charge is 0.125 e. The van der Waals surface area contributed by atoms with Gasteiger partial charge in [0, 0.05) is 11.9 Å². The third kappa shape index (κ3) is 3.03. The van der Waals surface area contributed by atoms with Crippen molar-refractivity contribution in [3.8, 4) is 0 Å². The molecule has 1 aromatic heterocycles. The lowest BCUT2D eigenvalue weighted by Gasteiger charge is -2.15. The summed E-state index contributed by atoms with van der Waals surface area (Å²) in [7, 11) is 0. The van der Waals surface area contributed by atoms with Crippen LogP contribution in [0, 0.1) is 12.7 Å². The van der Waals surface area contributed by atoms with Gasteiger partial charge in [-0.2, -0.15) is 0 Å². The zero-order valence-corrected chi connectivity index (χ0v) is 9.94. The molecule has 0 spiro atoms. The van der Waals surface area contributed by atoms with E-state index in [4.69, 9.17) is 0 Å². The van der Waals surface area contributed by atoms with Crippen LogP contribution < -0.4 is 5.32 Å². The van der Waals surface area contributed by atoms with Crippen molar-refractivity contribution in [2.24, 2.45) is 0 Å². The van der Waals surface area contributed by atoms with Crippen LogP contribution in [0.15, 0.2) is 42.6 Å². The Morgan fingerprint density at radius 3 is 2.71 bits per heavy atom. The van der Waals surface area contributed by atoms with Crippen LogP contribution in [0.1, 0.15) is 24.2 Å². The molecule has 1 unspecified atom stereocenters. The fraction of sp³-hybridized carbons (Fsp3) is 0.214. The van der Waals surface area contributed by atoms with Crippen molar-refractivity contribution in [3.05, 3.63) is 59.7 Å². The van der Waals surface area contributed by atoms with Gasteiger partial charge in [0.25, 0.3) is 0 Å². The van der Waals surface area contributed by atoms with Gasteiger partial charge in [0.05, 0.1) is 11.7 Å². The summed E-state index contributed by atoms with van der Waals surface area (Å²) >= 11 is 0. The second-order valence-electron chi connectivity index (χ2n) is 4.14. The summed E-state index contributed by atoms with van der Waals surface area (Å²) < 4.78 is 13.2. The van der Waals surface area contributed by atoms with E-state index in [2.05, 4.69) is 10.3 Å². The summed E-state index contributed by atoms with van der Waals surface area (Å²) in [4.78, 5) is 4.26. The molecule has 1 aromatic carbocycles. The predicted octanol–water partition coefficient (Wildman–Crippen LogP) is 3.70. The lowest BCUT2D eigenvalue weighted by molar-refractivity contribution is 0.626. The van der Waals surface area contributed by atoms with Gasteiger partial charge in [-0.15, -0.1) is 0 Å². The first kappa shape index (κ1) is 11.6. The number of anilines is 1. The van der Waals surface area contributed by atoms with E-state index in [1.54, 1.807) is 6.20 Å². The van der Waals surface area contributed by atoms with Gasteiger partial charge in [0.1, 0.15) is 5.82 Å². The first-order chi connectivity index (χ1) is 8.15. The van der Waals surface area contributed by atoms with Crippen molar-refractivity contribution in [3.63, 3.8) is 0 Å². The molecule has 0 saturated heterocycles. The van der Waals surface area contributed by atoms with Crippen molar-refractivity contribution in [1.82, 2.24) is 4.98 Å². The number of halogens is 1. The predicted molar refractivity (Wildman–Crippen MR) is 67.4 cm³/mol. The molecular formula is C14H15FN2. The molecule has 2 rings (SSSR count). The van der Waals surface area contributed by atoms with E-state index in [1.165, 1.54) is 12.1 Å². The highest BCUT2D eigenvalue weighted by Gasteiger charge is 2.06. The van der Waals surface area contributed by atoms with Crippen LogP contribution in [0.5, 0.6) is 0 Å². The van der Waals surface area contributed by atoms with E-state index in [0.29, 0.717) is 0 Å². The standard InChI is InChI=1S/C14H15FN2/c1-10-7-12(15)9-13(8-10)17-11(2)14-5-3-4-6-16-14/h3-9,11,17H,1-2H3. The van der Waals surface area contributed by atoms with Crippen molar-refractivity contribution < 1.29 is 4.39 Å². The Kier molecular flexibility index (Phi) is 3.38. The van der Waals surface area contributed by atoms with Crippen LogP contribution in [-0.2, 0) is 0 Å². The number of hydrogen-bond acceptors (Lipinski definition) is 2. The average Bonchev–Trinajstić information content (AvgIpc) is 2.28. The van der Waals surface area contributed by atoms with Gasteiger partial charge in [-0.25, -0.2) is 4.39 Å². The minimum Gasteiger partial charge on any atom is -0.377 e. The van der Waals surface area contributed by atoms with E-state index >= 15 is 0 Å². The molecule has 0 radical (unpaired) electrons. The van der Waals surface area contributed by atoms with Crippen molar-refractivity contribution in [2.75, 3.05) is 5.32 Å². The van der Waals surface area contributed by atoms with E-state index in [0.717, 1.165) is 16.9 Å². The monoisotopic (exact) mass is 230 g/mol. The minimum atomic E-state index is -0.222. The molecule has 0 saturated carbocycles. The van der Waals surface area contributed by atoms with Crippen LogP contribution in [0.4, 0.5) is 10.1 Å². The van der Waals surface area contributed by atoms with Crippen LogP contribution in [0.3, 0.4) is 0 Å². The number of hydrogen-bond donors (Lipinski definition) is 1. The quantitative estimate of drug-likeness (QED) is 0.869. The molecule has 3 heteroatoms. The first-order valence-corrected chi connectivity index (χ1v) is 5.60. The summed E-state index contributed by atoms with van der Waals surface area (Å²) in [5.41, 5.74) is 2.62. The molecule has 2 aromatic rings. The van der Waals surface area contributed by atoms with E-state index in [9.17, 15) is 4.39 Å². The molecule has 1 N–H and O–H groups in total. The normalized spacial score (nSPS) is 12.2. The summed E-state index contributed by atoms with van der Waals surface area (Å²) in [5, 5.41) is 3.24. The Bertz CT molecular complexity index is 477. The molecule has 2 nitrogen and oxygen atoms in total. The molecular weight excluding hydrogens is 215 g/mol. The Balaban J connectivity index is 2.16. The molecule has 88 valence electrons. The Labute approximate surface area is 101 Å². The third-order valence-corrected chi connectivity index (χ3v) is 2.56. The number of benzene rings is 1. The van der Waals surface area contributed by atoms with Crippen molar-refractivity contribution >= 4 is 5.69 Å². The van der Waals surface area contributed by atoms with Gasteiger partial charge in [0.15, 0.2) is 0 Å². The van der Waals surface area contributed by atoms with E-state index < -0.39 is 0 Å². The SMILES string of the molecule is Cc1cc(F)cc(NC(C)c2ccccn2)c1. The van der Waals surface area contributed by atoms with Crippen LogP contribution in [-0.4, -0.2) is 4.98 Å². The van der Waals surface area contributed by atoms with Gasteiger partial charge < -0.3 is 5.32 Å². The number of rotatable bonds is 3. The zero-order chi connectivity index (χ0) is 12.3. The summed E-state index contributed by atoms with van der Waals surface area (Å²) in [6.45, 7) is 3.88. The molecule has 1 heterocycles. The van der Waals surface area contributed by atoms with Crippen molar-refractivity contribution in [1.29, 1.82) is 0 Å². The van der Waals surface area contributed by atoms with Crippen molar-refractivity contribution in [2.45, 2.75) is 19.9 Å². The summed E-state index contributed by atoms with van der Waals surface area (Å²) in [6, 6.07) is 10.7. The number of aromatic nitrogens is 1. The largest absolute Gasteiger partial charge is 0.377 e. The molecule has 17 heavy (non-hydrogen) atoms. The van der Waals surface area contributed by atoms with Gasteiger partial charge in [-0.05, 0) is 49.7 Å². The molecule has 0 bridgehead atoms. The van der Waals surface area contributed by atoms with Crippen LogP contribution >= 0.6 is 0 Å². The van der Waals surface area contributed by atoms with Gasteiger partial charge >= 0.3 is 0 Å². The van der Waals surface area contributed by atoms with Crippen LogP contribution in [0.25, 0.3) is 0 Å². The molecule has 0 aliphatic carbocycles. The maximum atomic E-state index is 13.2. The first-order valence-electron chi connectivity index (χ1n) is 5.60. The van der Waals surface area contributed by atoms with Crippen LogP contribution in [0.2, 0.25) is 0 Å². The third-order valence-electron chi connectivity index (χ3n) is 2.56. The Hall–Kier alpha value is -1.90. The molecule has 0 fully saturated rings. The average molecular weight is 230 g/mol. The summed E-state index contributed by atoms with van der Waals surface area (Å²) in [6.07, 6.45) is 1.75. The van der Waals surface area contributed by atoms with Gasteiger partial charge in [0.2, 0.25) is 0 Å². The minimum absolute atomic E-state index is 0.0531. The fourth-order valence-corrected chi connectivity index (χ4v) is 1.78. The van der Waals surface area contributed by atoms with Gasteiger partial charge in [-0.1, -0.05) is 6.07 Å². The van der Waals surface area contributed by atoms with E-state index in [-0.39, 0.29) is 11.9 Å². The lowest BCUT2D eigenvalue weighted by Crippen LogP contribution is -2.08. The molecule has 0 amide bonds. The fourth-order valence-electron chi connectivity index (χ4n) is 1.78. The van der Waals surface area contributed by atoms with E-state index in [1.807, 2.05) is 38.1 Å². The second-order valence-corrected chi connectivity index (χ2v) is 4.14. The Morgan fingerprint density at radius 2 is 2.06 bits per heavy atom. The summed E-state index contributed by atoms with van der Waals surface area (Å²) in [5.74, 6) is -0.222. The highest BCUT2D eigenvalue weighted by atomic mass is 19.1. The number of aryl methyl sites for hydroxylation is 1. The topological polar surface area (TPSA) is 24.9 Å². The Morgan fingerprint density at radius 1 is 1.24 bits per heavy atom. The second kappa shape index (κ2) is 4.95. The highest BCUT2D eigenvalue weighted by molar-refractivity contribution is 5.47. The molecule has 0 aliphatic rings. The highest BCUT2D eigenvalue weighted by Crippen LogP contribution is 2.19. The van der Waals surface area contributed by atoms with Gasteiger partial charge in [-0.3, -0.25) is 4.98 Å². The maximum Gasteiger partial charge on any atom is 0.125 e.